The molecule has 0 aliphatic carbocycles. The van der Waals surface area contributed by atoms with E-state index in [9.17, 15) is 14.7 Å². The summed E-state index contributed by atoms with van der Waals surface area (Å²) in [5.41, 5.74) is -0.396. The SMILES string of the molecule is CC1=C(C)C(C)([C@@]2(C)COC(=O)/C2=C(/C)O)OC1=O. The fourth-order valence-corrected chi connectivity index (χ4v) is 2.88. The minimum absolute atomic E-state index is 0.0769. The highest BCUT2D eigenvalue weighted by atomic mass is 16.6. The van der Waals surface area contributed by atoms with Crippen LogP contribution in [0, 0.1) is 5.41 Å². The molecule has 0 aromatic heterocycles. The van der Waals surface area contributed by atoms with Gasteiger partial charge >= 0.3 is 11.9 Å². The van der Waals surface area contributed by atoms with Crippen LogP contribution in [0.3, 0.4) is 0 Å². The summed E-state index contributed by atoms with van der Waals surface area (Å²) in [4.78, 5) is 23.6. The number of allylic oxidation sites excluding steroid dienone is 1. The van der Waals surface area contributed by atoms with E-state index in [1.807, 2.05) is 0 Å². The van der Waals surface area contributed by atoms with E-state index in [1.54, 1.807) is 27.7 Å². The Kier molecular flexibility index (Phi) is 2.77. The van der Waals surface area contributed by atoms with Gasteiger partial charge in [0.1, 0.15) is 18.0 Å². The number of ether oxygens (including phenoxy) is 2. The molecule has 104 valence electrons. The molecule has 1 N–H and O–H groups in total. The first-order chi connectivity index (χ1) is 8.65. The van der Waals surface area contributed by atoms with Crippen LogP contribution >= 0.6 is 0 Å². The summed E-state index contributed by atoms with van der Waals surface area (Å²) < 4.78 is 10.6. The molecule has 0 aromatic carbocycles. The average molecular weight is 266 g/mol. The molecular weight excluding hydrogens is 248 g/mol. The van der Waals surface area contributed by atoms with Crippen molar-refractivity contribution in [1.29, 1.82) is 0 Å². The minimum Gasteiger partial charge on any atom is -0.512 e. The number of cyclic esters (lactones) is 2. The highest BCUT2D eigenvalue weighted by Crippen LogP contribution is 2.52. The van der Waals surface area contributed by atoms with Gasteiger partial charge < -0.3 is 14.6 Å². The van der Waals surface area contributed by atoms with Crippen LogP contribution in [0.5, 0.6) is 0 Å². The molecule has 0 bridgehead atoms. The number of carbonyl (C=O) groups excluding carboxylic acids is 2. The van der Waals surface area contributed by atoms with Crippen molar-refractivity contribution >= 4 is 11.9 Å². The first-order valence-corrected chi connectivity index (χ1v) is 6.14. The zero-order valence-corrected chi connectivity index (χ0v) is 11.8. The van der Waals surface area contributed by atoms with Crippen LogP contribution in [0.25, 0.3) is 0 Å². The lowest BCUT2D eigenvalue weighted by Crippen LogP contribution is -2.47. The van der Waals surface area contributed by atoms with Gasteiger partial charge in [-0.3, -0.25) is 0 Å². The normalized spacial score (nSPS) is 37.5. The summed E-state index contributed by atoms with van der Waals surface area (Å²) in [5.74, 6) is -1.05. The predicted octanol–water partition coefficient (Wildman–Crippen LogP) is 2.03. The summed E-state index contributed by atoms with van der Waals surface area (Å²) >= 11 is 0. The number of hydrogen-bond acceptors (Lipinski definition) is 5. The molecule has 0 radical (unpaired) electrons. The highest BCUT2D eigenvalue weighted by molar-refractivity contribution is 5.96. The lowest BCUT2D eigenvalue weighted by molar-refractivity contribution is -0.154. The van der Waals surface area contributed by atoms with Gasteiger partial charge in [-0.2, -0.15) is 0 Å². The van der Waals surface area contributed by atoms with Crippen LogP contribution < -0.4 is 0 Å². The fourth-order valence-electron chi connectivity index (χ4n) is 2.88. The van der Waals surface area contributed by atoms with E-state index >= 15 is 0 Å². The van der Waals surface area contributed by atoms with Crippen molar-refractivity contribution in [2.24, 2.45) is 5.41 Å². The molecule has 5 nitrogen and oxygen atoms in total. The predicted molar refractivity (Wildman–Crippen MR) is 67.3 cm³/mol. The first kappa shape index (κ1) is 13.6. The third kappa shape index (κ3) is 1.54. The summed E-state index contributed by atoms with van der Waals surface area (Å²) in [6.45, 7) is 8.53. The van der Waals surface area contributed by atoms with Crippen LogP contribution in [-0.4, -0.2) is 29.3 Å². The highest BCUT2D eigenvalue weighted by Gasteiger charge is 2.61. The molecule has 0 saturated carbocycles. The lowest BCUT2D eigenvalue weighted by Gasteiger charge is -2.39. The second kappa shape index (κ2) is 3.85. The van der Waals surface area contributed by atoms with E-state index in [4.69, 9.17) is 9.47 Å². The minimum atomic E-state index is -0.986. The second-order valence-corrected chi connectivity index (χ2v) is 5.54. The molecule has 1 saturated heterocycles. The van der Waals surface area contributed by atoms with Crippen LogP contribution in [-0.2, 0) is 19.1 Å². The summed E-state index contributed by atoms with van der Waals surface area (Å²) in [6, 6.07) is 0. The fraction of sp³-hybridized carbons (Fsp3) is 0.571. The molecule has 1 unspecified atom stereocenters. The average Bonchev–Trinajstić information content (AvgIpc) is 2.73. The van der Waals surface area contributed by atoms with E-state index in [0.29, 0.717) is 5.57 Å². The maximum Gasteiger partial charge on any atom is 0.338 e. The van der Waals surface area contributed by atoms with Crippen molar-refractivity contribution in [3.8, 4) is 0 Å². The van der Waals surface area contributed by atoms with Crippen molar-refractivity contribution in [2.45, 2.75) is 40.2 Å². The standard InChI is InChI=1S/C14H18O5/c1-7-8(2)14(5,19-11(7)16)13(4)6-18-12(17)10(13)9(3)15/h15H,6H2,1-5H3/b10-9+/t13-,14?/m0/s1. The number of carbonyl (C=O) groups is 2. The van der Waals surface area contributed by atoms with E-state index in [2.05, 4.69) is 0 Å². The molecule has 5 heteroatoms. The van der Waals surface area contributed by atoms with Crippen LogP contribution in [0.4, 0.5) is 0 Å². The molecular formula is C14H18O5. The topological polar surface area (TPSA) is 72.8 Å². The maximum atomic E-state index is 11.8. The molecule has 2 atom stereocenters. The number of aliphatic hydroxyl groups excluding tert-OH is 1. The second-order valence-electron chi connectivity index (χ2n) is 5.54. The van der Waals surface area contributed by atoms with Gasteiger partial charge in [0.05, 0.1) is 11.0 Å². The van der Waals surface area contributed by atoms with Crippen LogP contribution in [0.1, 0.15) is 34.6 Å². The quantitative estimate of drug-likeness (QED) is 0.446. The van der Waals surface area contributed by atoms with Crippen molar-refractivity contribution < 1.29 is 24.2 Å². The van der Waals surface area contributed by atoms with Gasteiger partial charge in [0.25, 0.3) is 0 Å². The summed E-state index contributed by atoms with van der Waals surface area (Å²) in [5, 5.41) is 9.77. The molecule has 0 amide bonds. The molecule has 2 heterocycles. The third-order valence-corrected chi connectivity index (χ3v) is 4.54. The Hall–Kier alpha value is -1.78. The van der Waals surface area contributed by atoms with Gasteiger partial charge in [-0.25, -0.2) is 9.59 Å². The van der Waals surface area contributed by atoms with E-state index in [0.717, 1.165) is 5.57 Å². The monoisotopic (exact) mass is 266 g/mol. The molecule has 2 rings (SSSR count). The first-order valence-electron chi connectivity index (χ1n) is 6.14. The van der Waals surface area contributed by atoms with E-state index in [-0.39, 0.29) is 17.9 Å². The summed E-state index contributed by atoms with van der Waals surface area (Å²) in [7, 11) is 0. The summed E-state index contributed by atoms with van der Waals surface area (Å²) in [6.07, 6.45) is 0. The Morgan fingerprint density at radius 1 is 1.21 bits per heavy atom. The zero-order valence-electron chi connectivity index (χ0n) is 11.8. The van der Waals surface area contributed by atoms with Crippen molar-refractivity contribution in [3.63, 3.8) is 0 Å². The van der Waals surface area contributed by atoms with Gasteiger partial charge in [0, 0.05) is 5.57 Å². The molecule has 19 heavy (non-hydrogen) atoms. The largest absolute Gasteiger partial charge is 0.512 e. The number of hydrogen-bond donors (Lipinski definition) is 1. The zero-order chi connectivity index (χ0) is 14.6. The number of esters is 2. The van der Waals surface area contributed by atoms with Gasteiger partial charge in [0.2, 0.25) is 0 Å². The Labute approximate surface area is 111 Å². The Morgan fingerprint density at radius 2 is 1.79 bits per heavy atom. The van der Waals surface area contributed by atoms with Crippen molar-refractivity contribution in [3.05, 3.63) is 22.5 Å². The maximum absolute atomic E-state index is 11.8. The molecule has 0 aromatic rings. The lowest BCUT2D eigenvalue weighted by atomic mass is 9.67. The van der Waals surface area contributed by atoms with Gasteiger partial charge in [-0.15, -0.1) is 0 Å². The number of rotatable bonds is 1. The Bertz CT molecular complexity index is 538. The van der Waals surface area contributed by atoms with Crippen LogP contribution in [0.15, 0.2) is 22.5 Å². The molecule has 2 aliphatic rings. The number of aliphatic hydroxyl groups is 1. The van der Waals surface area contributed by atoms with Gasteiger partial charge in [0.15, 0.2) is 0 Å². The van der Waals surface area contributed by atoms with Crippen LogP contribution in [0.2, 0.25) is 0 Å². The molecule has 0 spiro atoms. The van der Waals surface area contributed by atoms with Gasteiger partial charge in [-0.05, 0) is 40.2 Å². The molecule has 1 fully saturated rings. The molecule has 2 aliphatic heterocycles. The Balaban J connectivity index is 2.62. The third-order valence-electron chi connectivity index (χ3n) is 4.54. The van der Waals surface area contributed by atoms with Gasteiger partial charge in [-0.1, -0.05) is 0 Å². The smallest absolute Gasteiger partial charge is 0.338 e. The van der Waals surface area contributed by atoms with E-state index < -0.39 is 23.0 Å². The van der Waals surface area contributed by atoms with Crippen molar-refractivity contribution in [2.75, 3.05) is 6.61 Å². The van der Waals surface area contributed by atoms with Crippen molar-refractivity contribution in [1.82, 2.24) is 0 Å². The Morgan fingerprint density at radius 3 is 2.21 bits per heavy atom. The van der Waals surface area contributed by atoms with E-state index in [1.165, 1.54) is 6.92 Å².